The van der Waals surface area contributed by atoms with Crippen LogP contribution in [0.5, 0.6) is 0 Å². The monoisotopic (exact) mass is 265 g/mol. The molecule has 1 atom stereocenters. The molecule has 0 saturated heterocycles. The van der Waals surface area contributed by atoms with E-state index in [1.54, 1.807) is 12.1 Å². The largest absolute Gasteiger partial charge is 0.324 e. The molecule has 0 aromatic heterocycles. The first-order valence-corrected chi connectivity index (χ1v) is 6.20. The van der Waals surface area contributed by atoms with Crippen molar-refractivity contribution in [3.05, 3.63) is 33.9 Å². The molecule has 0 fully saturated rings. The molecule has 1 amide bonds. The summed E-state index contributed by atoms with van der Waals surface area (Å²) in [5, 5.41) is 13.5. The standard InChI is InChI=1S/C13H19N3O3/c1-4-9-5-6-10(7-11(9)16(18)19)15-13(17)12(14)8(2)3/h5-8,12H,4,14H2,1-3H3,(H,15,17). The highest BCUT2D eigenvalue weighted by molar-refractivity contribution is 5.95. The highest BCUT2D eigenvalue weighted by Gasteiger charge is 2.19. The first-order chi connectivity index (χ1) is 8.86. The number of nitrogens with zero attached hydrogens (tertiary/aromatic N) is 1. The van der Waals surface area contributed by atoms with Gasteiger partial charge in [0.2, 0.25) is 5.91 Å². The Kier molecular flexibility index (Phi) is 5.00. The Balaban J connectivity index is 2.94. The molecule has 0 spiro atoms. The minimum atomic E-state index is -0.634. The lowest BCUT2D eigenvalue weighted by atomic mass is 10.0. The first kappa shape index (κ1) is 15.1. The Hall–Kier alpha value is -1.95. The fourth-order valence-electron chi connectivity index (χ4n) is 1.64. The Morgan fingerprint density at radius 3 is 2.58 bits per heavy atom. The van der Waals surface area contributed by atoms with Gasteiger partial charge in [-0.3, -0.25) is 14.9 Å². The summed E-state index contributed by atoms with van der Waals surface area (Å²) in [5.41, 5.74) is 6.76. The molecule has 19 heavy (non-hydrogen) atoms. The molecule has 0 saturated carbocycles. The minimum absolute atomic E-state index is 0.00454. The number of nitro groups is 1. The lowest BCUT2D eigenvalue weighted by Gasteiger charge is -2.15. The van der Waals surface area contributed by atoms with E-state index in [9.17, 15) is 14.9 Å². The number of nitro benzene ring substituents is 1. The van der Waals surface area contributed by atoms with Gasteiger partial charge in [0.25, 0.3) is 5.69 Å². The van der Waals surface area contributed by atoms with Crippen LogP contribution in [0.15, 0.2) is 18.2 Å². The van der Waals surface area contributed by atoms with Crippen molar-refractivity contribution in [2.24, 2.45) is 11.7 Å². The van der Waals surface area contributed by atoms with Crippen LogP contribution in [0.2, 0.25) is 0 Å². The molecule has 104 valence electrons. The molecule has 1 aromatic rings. The van der Waals surface area contributed by atoms with Crippen molar-refractivity contribution < 1.29 is 9.72 Å². The van der Waals surface area contributed by atoms with Crippen LogP contribution in [0.3, 0.4) is 0 Å². The summed E-state index contributed by atoms with van der Waals surface area (Å²) in [7, 11) is 0. The quantitative estimate of drug-likeness (QED) is 0.629. The molecule has 1 rings (SSSR count). The third-order valence-electron chi connectivity index (χ3n) is 2.95. The number of carbonyl (C=O) groups excluding carboxylic acids is 1. The number of nitrogens with two attached hydrogens (primary N) is 1. The van der Waals surface area contributed by atoms with E-state index >= 15 is 0 Å². The highest BCUT2D eigenvalue weighted by Crippen LogP contribution is 2.23. The maximum atomic E-state index is 11.8. The van der Waals surface area contributed by atoms with Crippen LogP contribution in [-0.2, 0) is 11.2 Å². The number of hydrogen-bond donors (Lipinski definition) is 2. The number of aryl methyl sites for hydroxylation is 1. The molecule has 6 heteroatoms. The fourth-order valence-corrected chi connectivity index (χ4v) is 1.64. The van der Waals surface area contributed by atoms with Gasteiger partial charge in [0.15, 0.2) is 0 Å². The van der Waals surface area contributed by atoms with Crippen LogP contribution >= 0.6 is 0 Å². The van der Waals surface area contributed by atoms with E-state index < -0.39 is 11.0 Å². The van der Waals surface area contributed by atoms with E-state index in [-0.39, 0.29) is 17.5 Å². The summed E-state index contributed by atoms with van der Waals surface area (Å²) >= 11 is 0. The zero-order valence-electron chi connectivity index (χ0n) is 11.3. The second-order valence-electron chi connectivity index (χ2n) is 4.71. The summed E-state index contributed by atoms with van der Waals surface area (Å²) in [6.45, 7) is 5.52. The molecule has 1 unspecified atom stereocenters. The summed E-state index contributed by atoms with van der Waals surface area (Å²) in [5.74, 6) is -0.335. The van der Waals surface area contributed by atoms with Crippen molar-refractivity contribution >= 4 is 17.3 Å². The van der Waals surface area contributed by atoms with Gasteiger partial charge in [-0.2, -0.15) is 0 Å². The third kappa shape index (κ3) is 3.75. The van der Waals surface area contributed by atoms with Crippen molar-refractivity contribution in [1.29, 1.82) is 0 Å². The van der Waals surface area contributed by atoms with Gasteiger partial charge in [-0.15, -0.1) is 0 Å². The zero-order valence-corrected chi connectivity index (χ0v) is 11.3. The first-order valence-electron chi connectivity index (χ1n) is 6.20. The second kappa shape index (κ2) is 6.29. The van der Waals surface area contributed by atoms with E-state index in [2.05, 4.69) is 5.32 Å². The number of benzene rings is 1. The fraction of sp³-hybridized carbons (Fsp3) is 0.462. The second-order valence-corrected chi connectivity index (χ2v) is 4.71. The number of nitrogens with one attached hydrogen (secondary N) is 1. The van der Waals surface area contributed by atoms with Crippen LogP contribution in [0.1, 0.15) is 26.3 Å². The van der Waals surface area contributed by atoms with E-state index in [0.717, 1.165) is 0 Å². The van der Waals surface area contributed by atoms with Crippen molar-refractivity contribution in [2.75, 3.05) is 5.32 Å². The predicted octanol–water partition coefficient (Wildman–Crippen LogP) is 2.08. The predicted molar refractivity (Wildman–Crippen MR) is 73.9 cm³/mol. The molecule has 0 radical (unpaired) electrons. The van der Waals surface area contributed by atoms with Crippen molar-refractivity contribution in [3.63, 3.8) is 0 Å². The molecule has 0 aliphatic carbocycles. The van der Waals surface area contributed by atoms with Gasteiger partial charge in [0.1, 0.15) is 0 Å². The number of anilines is 1. The minimum Gasteiger partial charge on any atom is -0.324 e. The Bertz CT molecular complexity index is 486. The topological polar surface area (TPSA) is 98.3 Å². The number of carbonyl (C=O) groups is 1. The van der Waals surface area contributed by atoms with Gasteiger partial charge in [0, 0.05) is 17.3 Å². The van der Waals surface area contributed by atoms with E-state index in [1.165, 1.54) is 6.07 Å². The maximum absolute atomic E-state index is 11.8. The van der Waals surface area contributed by atoms with Gasteiger partial charge in [0.05, 0.1) is 11.0 Å². The van der Waals surface area contributed by atoms with Gasteiger partial charge >= 0.3 is 0 Å². The van der Waals surface area contributed by atoms with Crippen LogP contribution in [-0.4, -0.2) is 16.9 Å². The summed E-state index contributed by atoms with van der Waals surface area (Å²) in [4.78, 5) is 22.3. The van der Waals surface area contributed by atoms with Crippen LogP contribution < -0.4 is 11.1 Å². The zero-order chi connectivity index (χ0) is 14.6. The van der Waals surface area contributed by atoms with E-state index in [0.29, 0.717) is 17.7 Å². The van der Waals surface area contributed by atoms with Gasteiger partial charge in [-0.05, 0) is 18.4 Å². The lowest BCUT2D eigenvalue weighted by molar-refractivity contribution is -0.385. The Morgan fingerprint density at radius 1 is 1.47 bits per heavy atom. The Morgan fingerprint density at radius 2 is 2.11 bits per heavy atom. The molecular formula is C13H19N3O3. The van der Waals surface area contributed by atoms with Gasteiger partial charge < -0.3 is 11.1 Å². The highest BCUT2D eigenvalue weighted by atomic mass is 16.6. The molecule has 0 heterocycles. The number of rotatable bonds is 5. The molecule has 3 N–H and O–H groups in total. The molecule has 0 aliphatic rings. The molecule has 0 bridgehead atoms. The van der Waals surface area contributed by atoms with Crippen LogP contribution in [0, 0.1) is 16.0 Å². The molecule has 1 aromatic carbocycles. The van der Waals surface area contributed by atoms with Crippen molar-refractivity contribution in [2.45, 2.75) is 33.2 Å². The van der Waals surface area contributed by atoms with Crippen LogP contribution in [0.4, 0.5) is 11.4 Å². The lowest BCUT2D eigenvalue weighted by Crippen LogP contribution is -2.39. The maximum Gasteiger partial charge on any atom is 0.274 e. The van der Waals surface area contributed by atoms with E-state index in [1.807, 2.05) is 20.8 Å². The molecular weight excluding hydrogens is 246 g/mol. The van der Waals surface area contributed by atoms with E-state index in [4.69, 9.17) is 5.73 Å². The molecule has 0 aliphatic heterocycles. The molecule has 6 nitrogen and oxygen atoms in total. The average molecular weight is 265 g/mol. The van der Waals surface area contributed by atoms with Crippen molar-refractivity contribution in [1.82, 2.24) is 0 Å². The Labute approximate surface area is 112 Å². The van der Waals surface area contributed by atoms with Crippen LogP contribution in [0.25, 0.3) is 0 Å². The summed E-state index contributed by atoms with van der Waals surface area (Å²) < 4.78 is 0. The van der Waals surface area contributed by atoms with Gasteiger partial charge in [-0.1, -0.05) is 26.8 Å². The summed E-state index contributed by atoms with van der Waals surface area (Å²) in [6.07, 6.45) is 0.566. The summed E-state index contributed by atoms with van der Waals surface area (Å²) in [6, 6.07) is 4.03. The average Bonchev–Trinajstić information content (AvgIpc) is 2.37. The van der Waals surface area contributed by atoms with Crippen molar-refractivity contribution in [3.8, 4) is 0 Å². The smallest absolute Gasteiger partial charge is 0.274 e. The number of amides is 1. The number of hydrogen-bond acceptors (Lipinski definition) is 4. The SMILES string of the molecule is CCc1ccc(NC(=O)C(N)C(C)C)cc1[N+](=O)[O-]. The third-order valence-corrected chi connectivity index (χ3v) is 2.95. The van der Waals surface area contributed by atoms with Gasteiger partial charge in [-0.25, -0.2) is 0 Å². The normalized spacial score (nSPS) is 12.3.